The number of carbonyl (C=O) groups excluding carboxylic acids is 2. The fourth-order valence-electron chi connectivity index (χ4n) is 9.50. The van der Waals surface area contributed by atoms with E-state index in [2.05, 4.69) is 131 Å². The molecule has 0 aromatic heterocycles. The average Bonchev–Trinajstić information content (AvgIpc) is 3.55. The van der Waals surface area contributed by atoms with Crippen molar-refractivity contribution in [2.45, 2.75) is 0 Å². The van der Waals surface area contributed by atoms with Crippen molar-refractivity contribution in [3.05, 3.63) is 216 Å². The minimum atomic E-state index is -0.0294. The summed E-state index contributed by atoms with van der Waals surface area (Å²) in [6, 6.07) is 66.4. The predicted molar refractivity (Wildman–Crippen MR) is 237 cm³/mol. The fraction of sp³-hybridized carbons (Fsp3) is 0. The Morgan fingerprint density at radius 2 is 0.776 bits per heavy atom. The number of hydrogen-bond acceptors (Lipinski definition) is 4. The molecular weight excluding hydrogens is 709 g/mol. The number of carbonyl (C=O) groups is 2. The van der Waals surface area contributed by atoms with Crippen molar-refractivity contribution in [1.82, 2.24) is 0 Å². The van der Waals surface area contributed by atoms with E-state index < -0.39 is 0 Å². The molecule has 58 heavy (non-hydrogen) atoms. The Morgan fingerprint density at radius 1 is 0.276 bits per heavy atom. The number of rotatable bonds is 6. The third kappa shape index (κ3) is 4.63. The molecule has 0 N–H and O–H groups in total. The van der Waals surface area contributed by atoms with Crippen LogP contribution in [0.4, 0.5) is 34.1 Å². The van der Waals surface area contributed by atoms with Gasteiger partial charge in [0.15, 0.2) is 11.6 Å². The number of para-hydroxylation sites is 4. The summed E-state index contributed by atoms with van der Waals surface area (Å²) in [5, 5.41) is 6.34. The standard InChI is InChI=1S/C54H32N2O2/c57-53-45-30-39(55(35-15-5-1-6-16-35)36-17-7-2-8-18-36)25-27-40(45)43-31-47-44(32-46(43)53)41-26-24-34-29-49(56(37-19-9-3-10-20-37)38-21-11-4-12-22-38)42-23-13-14-33-28-48(54(47)58)52(41)51(34)50(33)42/h1-32H. The van der Waals surface area contributed by atoms with Gasteiger partial charge in [-0.2, -0.15) is 0 Å². The van der Waals surface area contributed by atoms with Gasteiger partial charge in [0.05, 0.1) is 5.69 Å². The van der Waals surface area contributed by atoms with E-state index >= 15 is 0 Å². The second kappa shape index (κ2) is 12.3. The molecule has 0 bridgehead atoms. The molecule has 0 saturated carbocycles. The van der Waals surface area contributed by atoms with E-state index in [4.69, 9.17) is 0 Å². The van der Waals surface area contributed by atoms with Crippen molar-refractivity contribution < 1.29 is 9.59 Å². The zero-order valence-electron chi connectivity index (χ0n) is 31.2. The second-order valence-electron chi connectivity index (χ2n) is 15.2. The summed E-state index contributed by atoms with van der Waals surface area (Å²) in [5.41, 5.74) is 12.1. The molecule has 4 heteroatoms. The highest BCUT2D eigenvalue weighted by molar-refractivity contribution is 6.37. The van der Waals surface area contributed by atoms with Crippen LogP contribution in [0.1, 0.15) is 31.8 Å². The molecule has 12 rings (SSSR count). The number of fused-ring (bicyclic) bond motifs is 5. The molecule has 0 saturated heterocycles. The van der Waals surface area contributed by atoms with Crippen molar-refractivity contribution in [3.8, 4) is 22.3 Å². The average molecular weight is 741 g/mol. The van der Waals surface area contributed by atoms with Gasteiger partial charge in [-0.05, 0) is 129 Å². The largest absolute Gasteiger partial charge is 0.310 e. The lowest BCUT2D eigenvalue weighted by Gasteiger charge is -2.29. The molecule has 0 amide bonds. The Morgan fingerprint density at radius 3 is 1.38 bits per heavy atom. The SMILES string of the molecule is O=C1c2cc(N(c3ccccc3)c3ccccc3)ccc2-c2cc3c(cc21)-c1ccc2cc(N(c4ccccc4)c4ccccc4)c4cccc5cc(c1c2c54)C3=O. The van der Waals surface area contributed by atoms with Crippen molar-refractivity contribution in [1.29, 1.82) is 0 Å². The van der Waals surface area contributed by atoms with Gasteiger partial charge in [-0.25, -0.2) is 0 Å². The molecule has 270 valence electrons. The third-order valence-electron chi connectivity index (χ3n) is 12.0. The zero-order chi connectivity index (χ0) is 38.5. The maximum absolute atomic E-state index is 14.8. The van der Waals surface area contributed by atoms with Gasteiger partial charge in [-0.3, -0.25) is 9.59 Å². The molecule has 0 atom stereocenters. The Kier molecular flexibility index (Phi) is 6.90. The lowest BCUT2D eigenvalue weighted by molar-refractivity contribution is 0.103. The van der Waals surface area contributed by atoms with E-state index in [1.165, 1.54) is 0 Å². The van der Waals surface area contributed by atoms with Crippen molar-refractivity contribution in [2.24, 2.45) is 0 Å². The van der Waals surface area contributed by atoms with Crippen molar-refractivity contribution in [3.63, 3.8) is 0 Å². The Labute approximate surface area is 334 Å². The highest BCUT2D eigenvalue weighted by atomic mass is 16.1. The zero-order valence-corrected chi connectivity index (χ0v) is 31.2. The van der Waals surface area contributed by atoms with Crippen LogP contribution in [0.3, 0.4) is 0 Å². The molecule has 2 aliphatic rings. The van der Waals surface area contributed by atoms with Gasteiger partial charge in [-0.1, -0.05) is 109 Å². The Bertz CT molecular complexity index is 3230. The van der Waals surface area contributed by atoms with Gasteiger partial charge in [0.25, 0.3) is 0 Å². The number of anilines is 6. The van der Waals surface area contributed by atoms with Gasteiger partial charge in [-0.15, -0.1) is 0 Å². The molecule has 0 radical (unpaired) electrons. The summed E-state index contributed by atoms with van der Waals surface area (Å²) in [4.78, 5) is 33.8. The van der Waals surface area contributed by atoms with Crippen LogP contribution >= 0.6 is 0 Å². The minimum absolute atomic E-state index is 0.0171. The smallest absolute Gasteiger partial charge is 0.194 e. The molecule has 4 nitrogen and oxygen atoms in total. The highest BCUT2D eigenvalue weighted by Gasteiger charge is 2.35. The van der Waals surface area contributed by atoms with Gasteiger partial charge >= 0.3 is 0 Å². The Balaban J connectivity index is 1.03. The molecule has 0 aliphatic heterocycles. The molecule has 0 spiro atoms. The first-order chi connectivity index (χ1) is 28.6. The second-order valence-corrected chi connectivity index (χ2v) is 15.2. The van der Waals surface area contributed by atoms with E-state index in [1.54, 1.807) is 0 Å². The van der Waals surface area contributed by atoms with E-state index in [0.717, 1.165) is 88.7 Å². The maximum Gasteiger partial charge on any atom is 0.194 e. The van der Waals surface area contributed by atoms with Gasteiger partial charge < -0.3 is 9.80 Å². The van der Waals surface area contributed by atoms with Crippen LogP contribution in [0.15, 0.2) is 194 Å². The first-order valence-electron chi connectivity index (χ1n) is 19.6. The lowest BCUT2D eigenvalue weighted by atomic mass is 9.78. The van der Waals surface area contributed by atoms with Crippen molar-refractivity contribution >= 4 is 78.0 Å². The topological polar surface area (TPSA) is 40.6 Å². The molecule has 0 unspecified atom stereocenters. The fourth-order valence-corrected chi connectivity index (χ4v) is 9.50. The van der Waals surface area contributed by atoms with Crippen LogP contribution in [0.25, 0.3) is 54.6 Å². The quantitative estimate of drug-likeness (QED) is 0.159. The summed E-state index contributed by atoms with van der Waals surface area (Å²) in [7, 11) is 0. The highest BCUT2D eigenvalue weighted by Crippen LogP contribution is 2.52. The van der Waals surface area contributed by atoms with Crippen LogP contribution in [0, 0.1) is 0 Å². The van der Waals surface area contributed by atoms with Crippen LogP contribution in [0.2, 0.25) is 0 Å². The Hall–Kier alpha value is -7.82. The van der Waals surface area contributed by atoms with E-state index in [9.17, 15) is 9.59 Å². The predicted octanol–water partition coefficient (Wildman–Crippen LogP) is 13.9. The van der Waals surface area contributed by atoms with Crippen LogP contribution in [-0.2, 0) is 0 Å². The molecule has 10 aromatic rings. The number of hydrogen-bond donors (Lipinski definition) is 0. The van der Waals surface area contributed by atoms with E-state index in [1.807, 2.05) is 72.8 Å². The van der Waals surface area contributed by atoms with Gasteiger partial charge in [0, 0.05) is 61.5 Å². The van der Waals surface area contributed by atoms with Crippen molar-refractivity contribution in [2.75, 3.05) is 9.80 Å². The van der Waals surface area contributed by atoms with Crippen LogP contribution < -0.4 is 9.80 Å². The maximum atomic E-state index is 14.8. The number of nitrogens with zero attached hydrogens (tertiary/aromatic N) is 2. The molecule has 0 fully saturated rings. The summed E-state index contributed by atoms with van der Waals surface area (Å²) >= 11 is 0. The number of benzene rings is 10. The first kappa shape index (κ1) is 32.4. The first-order valence-corrected chi connectivity index (χ1v) is 19.6. The van der Waals surface area contributed by atoms with Gasteiger partial charge in [0.2, 0.25) is 0 Å². The summed E-state index contributed by atoms with van der Waals surface area (Å²) < 4.78 is 0. The van der Waals surface area contributed by atoms with E-state index in [-0.39, 0.29) is 11.6 Å². The monoisotopic (exact) mass is 740 g/mol. The van der Waals surface area contributed by atoms with Crippen LogP contribution in [0.5, 0.6) is 0 Å². The van der Waals surface area contributed by atoms with Crippen LogP contribution in [-0.4, -0.2) is 11.6 Å². The van der Waals surface area contributed by atoms with E-state index in [0.29, 0.717) is 22.3 Å². The number of ketones is 2. The molecule has 10 aromatic carbocycles. The summed E-state index contributed by atoms with van der Waals surface area (Å²) in [5.74, 6) is -0.0465. The molecule has 0 heterocycles. The lowest BCUT2D eigenvalue weighted by Crippen LogP contribution is -2.13. The van der Waals surface area contributed by atoms with Gasteiger partial charge in [0.1, 0.15) is 0 Å². The summed E-state index contributed by atoms with van der Waals surface area (Å²) in [6.45, 7) is 0. The molecular formula is C54H32N2O2. The molecule has 2 aliphatic carbocycles. The third-order valence-corrected chi connectivity index (χ3v) is 12.0. The normalized spacial score (nSPS) is 12.6. The minimum Gasteiger partial charge on any atom is -0.310 e. The summed E-state index contributed by atoms with van der Waals surface area (Å²) in [6.07, 6.45) is 0.